The summed E-state index contributed by atoms with van der Waals surface area (Å²) in [6.45, 7) is 1.07. The van der Waals surface area contributed by atoms with Gasteiger partial charge in [0.1, 0.15) is 12.1 Å². The molecule has 1 saturated heterocycles. The van der Waals surface area contributed by atoms with Crippen LogP contribution in [0.5, 0.6) is 0 Å². The van der Waals surface area contributed by atoms with E-state index >= 15 is 0 Å². The summed E-state index contributed by atoms with van der Waals surface area (Å²) >= 11 is 0. The zero-order chi connectivity index (χ0) is 18.8. The first kappa shape index (κ1) is 16.6. The second-order valence-corrected chi connectivity index (χ2v) is 5.81. The number of tetrazole rings is 1. The minimum Gasteiger partial charge on any atom is -0.336 e. The topological polar surface area (TPSA) is 105 Å². The molecule has 2 N–H and O–H groups in total. The predicted octanol–water partition coefficient (Wildman–Crippen LogP) is 1.58. The molecule has 27 heavy (non-hydrogen) atoms. The molecule has 3 amide bonds. The first-order chi connectivity index (χ1) is 13.1. The maximum absolute atomic E-state index is 14.1. The highest BCUT2D eigenvalue weighted by Gasteiger charge is 2.22. The zero-order valence-corrected chi connectivity index (χ0v) is 14.0. The summed E-state index contributed by atoms with van der Waals surface area (Å²) < 4.78 is 15.5. The first-order valence-corrected chi connectivity index (χ1v) is 8.11. The fourth-order valence-electron chi connectivity index (χ4n) is 2.76. The van der Waals surface area contributed by atoms with Gasteiger partial charge in [-0.1, -0.05) is 6.07 Å². The number of carbonyl (C=O) groups excluding carboxylic acids is 2. The van der Waals surface area contributed by atoms with Crippen molar-refractivity contribution < 1.29 is 14.0 Å². The van der Waals surface area contributed by atoms with Crippen molar-refractivity contribution in [3.63, 3.8) is 0 Å². The van der Waals surface area contributed by atoms with E-state index in [-0.39, 0.29) is 11.7 Å². The fraction of sp³-hybridized carbons (Fsp3) is 0.118. The maximum Gasteiger partial charge on any atom is 0.321 e. The molecular weight excluding hydrogens is 353 g/mol. The molecule has 4 rings (SSSR count). The maximum atomic E-state index is 14.1. The van der Waals surface area contributed by atoms with Gasteiger partial charge in [-0.05, 0) is 46.8 Å². The zero-order valence-electron chi connectivity index (χ0n) is 14.0. The molecule has 10 heteroatoms. The molecule has 0 atom stereocenters. The molecule has 2 aromatic carbocycles. The number of urea groups is 1. The Kier molecular flexibility index (Phi) is 4.21. The normalized spacial score (nSPS) is 13.5. The lowest BCUT2D eigenvalue weighted by molar-refractivity contribution is 0.102. The average Bonchev–Trinajstić information content (AvgIpc) is 3.35. The van der Waals surface area contributed by atoms with Crippen molar-refractivity contribution in [2.75, 3.05) is 23.3 Å². The molecule has 0 aliphatic carbocycles. The van der Waals surface area contributed by atoms with Crippen LogP contribution in [0.15, 0.2) is 48.8 Å². The number of benzene rings is 2. The molecule has 1 aliphatic heterocycles. The minimum atomic E-state index is -0.588. The Balaban J connectivity index is 1.58. The molecule has 0 bridgehead atoms. The van der Waals surface area contributed by atoms with Crippen molar-refractivity contribution in [3.05, 3.63) is 60.2 Å². The lowest BCUT2D eigenvalue weighted by atomic mass is 10.1. The van der Waals surface area contributed by atoms with Crippen molar-refractivity contribution in [3.8, 4) is 5.69 Å². The number of hydrogen-bond acceptors (Lipinski definition) is 5. The highest BCUT2D eigenvalue weighted by Crippen LogP contribution is 2.21. The lowest BCUT2D eigenvalue weighted by Crippen LogP contribution is -2.27. The quantitative estimate of drug-likeness (QED) is 0.728. The van der Waals surface area contributed by atoms with Crippen molar-refractivity contribution in [2.24, 2.45) is 0 Å². The van der Waals surface area contributed by atoms with Crippen LogP contribution in [0.4, 0.5) is 20.6 Å². The lowest BCUT2D eigenvalue weighted by Gasteiger charge is -2.15. The van der Waals surface area contributed by atoms with Gasteiger partial charge in [0, 0.05) is 24.3 Å². The van der Waals surface area contributed by atoms with E-state index in [0.717, 1.165) is 0 Å². The third-order valence-corrected chi connectivity index (χ3v) is 4.09. The Morgan fingerprint density at radius 2 is 2.07 bits per heavy atom. The fourth-order valence-corrected chi connectivity index (χ4v) is 2.76. The molecular formula is C17H14FN7O2. The summed E-state index contributed by atoms with van der Waals surface area (Å²) in [7, 11) is 0. The SMILES string of the molecule is O=C(Nc1cc(-n2cnnn2)ccc1F)c1cccc(N2CCNC2=O)c1. The van der Waals surface area contributed by atoms with Gasteiger partial charge in [-0.2, -0.15) is 0 Å². The van der Waals surface area contributed by atoms with Gasteiger partial charge in [0.05, 0.1) is 11.4 Å². The third kappa shape index (κ3) is 3.32. The Hall–Kier alpha value is -3.82. The molecule has 9 nitrogen and oxygen atoms in total. The molecule has 0 saturated carbocycles. The van der Waals surface area contributed by atoms with Gasteiger partial charge in [0.15, 0.2) is 0 Å². The van der Waals surface area contributed by atoms with Crippen LogP contribution in [0.3, 0.4) is 0 Å². The largest absolute Gasteiger partial charge is 0.336 e. The van der Waals surface area contributed by atoms with Gasteiger partial charge in [0.25, 0.3) is 5.91 Å². The summed E-state index contributed by atoms with van der Waals surface area (Å²) in [5.74, 6) is -1.08. The smallest absolute Gasteiger partial charge is 0.321 e. The molecule has 0 spiro atoms. The first-order valence-electron chi connectivity index (χ1n) is 8.11. The van der Waals surface area contributed by atoms with Crippen LogP contribution in [0.1, 0.15) is 10.4 Å². The van der Waals surface area contributed by atoms with Gasteiger partial charge >= 0.3 is 6.03 Å². The second kappa shape index (κ2) is 6.83. The molecule has 3 aromatic rings. The van der Waals surface area contributed by atoms with Gasteiger partial charge in [-0.25, -0.2) is 13.9 Å². The van der Waals surface area contributed by atoms with E-state index < -0.39 is 11.7 Å². The van der Waals surface area contributed by atoms with Crippen LogP contribution < -0.4 is 15.5 Å². The molecule has 1 aromatic heterocycles. The van der Waals surface area contributed by atoms with E-state index in [0.29, 0.717) is 30.0 Å². The number of nitrogens with one attached hydrogen (secondary N) is 2. The van der Waals surface area contributed by atoms with E-state index in [1.54, 1.807) is 24.3 Å². The summed E-state index contributed by atoms with van der Waals surface area (Å²) in [6, 6.07) is 10.5. The number of carbonyl (C=O) groups is 2. The minimum absolute atomic E-state index is 0.00248. The van der Waals surface area contributed by atoms with E-state index in [4.69, 9.17) is 0 Å². The van der Waals surface area contributed by atoms with Crippen LogP contribution >= 0.6 is 0 Å². The van der Waals surface area contributed by atoms with Crippen LogP contribution in [0, 0.1) is 5.82 Å². The van der Waals surface area contributed by atoms with Crippen molar-refractivity contribution in [1.29, 1.82) is 0 Å². The Bertz CT molecular complexity index is 1010. The molecule has 0 unspecified atom stereocenters. The Morgan fingerprint density at radius 3 is 2.81 bits per heavy atom. The van der Waals surface area contributed by atoms with Gasteiger partial charge < -0.3 is 10.6 Å². The van der Waals surface area contributed by atoms with E-state index in [9.17, 15) is 14.0 Å². The van der Waals surface area contributed by atoms with Gasteiger partial charge in [-0.15, -0.1) is 5.10 Å². The van der Waals surface area contributed by atoms with E-state index in [1.807, 2.05) is 0 Å². The molecule has 0 radical (unpaired) electrons. The molecule has 1 fully saturated rings. The van der Waals surface area contributed by atoms with Gasteiger partial charge in [0.2, 0.25) is 0 Å². The van der Waals surface area contributed by atoms with Crippen molar-refractivity contribution in [2.45, 2.75) is 0 Å². The second-order valence-electron chi connectivity index (χ2n) is 5.81. The standard InChI is InChI=1S/C17H14FN7O2/c18-14-5-4-13(25-10-20-22-23-25)9-15(14)21-16(26)11-2-1-3-12(8-11)24-7-6-19-17(24)27/h1-5,8-10H,6-7H2,(H,19,27)(H,21,26). The molecule has 136 valence electrons. The number of hydrogen-bond donors (Lipinski definition) is 2. The molecule has 2 heterocycles. The van der Waals surface area contributed by atoms with Crippen LogP contribution in [-0.2, 0) is 0 Å². The molecule has 1 aliphatic rings. The third-order valence-electron chi connectivity index (χ3n) is 4.09. The Labute approximate surface area is 152 Å². The number of aromatic nitrogens is 4. The van der Waals surface area contributed by atoms with Gasteiger partial charge in [-0.3, -0.25) is 9.69 Å². The summed E-state index contributed by atoms with van der Waals surface area (Å²) in [5.41, 5.74) is 1.40. The number of rotatable bonds is 4. The average molecular weight is 367 g/mol. The summed E-state index contributed by atoms with van der Waals surface area (Å²) in [4.78, 5) is 25.9. The number of halogens is 1. The monoisotopic (exact) mass is 367 g/mol. The van der Waals surface area contributed by atoms with E-state index in [1.165, 1.54) is 34.1 Å². The van der Waals surface area contributed by atoms with E-state index in [2.05, 4.69) is 26.2 Å². The number of amides is 3. The van der Waals surface area contributed by atoms with Crippen LogP contribution in [0.25, 0.3) is 5.69 Å². The van der Waals surface area contributed by atoms with Crippen LogP contribution in [-0.4, -0.2) is 45.2 Å². The Morgan fingerprint density at radius 1 is 1.19 bits per heavy atom. The highest BCUT2D eigenvalue weighted by molar-refractivity contribution is 6.05. The number of nitrogens with zero attached hydrogens (tertiary/aromatic N) is 5. The summed E-state index contributed by atoms with van der Waals surface area (Å²) in [5, 5.41) is 16.0. The van der Waals surface area contributed by atoms with Crippen molar-refractivity contribution in [1.82, 2.24) is 25.5 Å². The highest BCUT2D eigenvalue weighted by atomic mass is 19.1. The van der Waals surface area contributed by atoms with Crippen LogP contribution in [0.2, 0.25) is 0 Å². The predicted molar refractivity (Wildman–Crippen MR) is 94.3 cm³/mol. The van der Waals surface area contributed by atoms with Crippen molar-refractivity contribution >= 4 is 23.3 Å². The number of anilines is 2. The summed E-state index contributed by atoms with van der Waals surface area (Å²) in [6.07, 6.45) is 1.36.